The molecule has 5 heteroatoms. The number of hydrogen-bond acceptors (Lipinski definition) is 5. The number of rotatable bonds is 0. The Morgan fingerprint density at radius 2 is 2.50 bits per heavy atom. The number of thiophene rings is 1. The summed E-state index contributed by atoms with van der Waals surface area (Å²) < 4.78 is 4.58. The van der Waals surface area contributed by atoms with Gasteiger partial charge in [-0.15, -0.1) is 11.3 Å². The lowest BCUT2D eigenvalue weighted by atomic mass is 10.4. The van der Waals surface area contributed by atoms with Gasteiger partial charge in [0, 0.05) is 0 Å². The first kappa shape index (κ1) is 7.00. The van der Waals surface area contributed by atoms with Gasteiger partial charge in [-0.2, -0.15) is 10.2 Å². The van der Waals surface area contributed by atoms with Crippen LogP contribution in [0.25, 0.3) is 10.2 Å². The van der Waals surface area contributed by atoms with E-state index in [9.17, 15) is 4.79 Å². The predicted octanol–water partition coefficient (Wildman–Crippen LogP) is 1.12. The highest BCUT2D eigenvalue weighted by Crippen LogP contribution is 2.14. The molecule has 2 aromatic heterocycles. The Bertz CT molecular complexity index is 520. The summed E-state index contributed by atoms with van der Waals surface area (Å²) in [6.07, 6.45) is 0. The van der Waals surface area contributed by atoms with E-state index in [-0.39, 0.29) is 5.89 Å². The Morgan fingerprint density at radius 3 is 3.25 bits per heavy atom. The minimum atomic E-state index is -0.502. The maximum atomic E-state index is 11.1. The van der Waals surface area contributed by atoms with E-state index in [1.165, 1.54) is 11.3 Å². The summed E-state index contributed by atoms with van der Waals surface area (Å²) in [7, 11) is 0. The van der Waals surface area contributed by atoms with Crippen LogP contribution in [-0.2, 0) is 0 Å². The van der Waals surface area contributed by atoms with Crippen LogP contribution >= 0.6 is 11.3 Å². The fraction of sp³-hybridized carbons (Fsp3) is 0. The van der Waals surface area contributed by atoms with Gasteiger partial charge in [-0.25, -0.2) is 4.79 Å². The first-order chi connectivity index (χ1) is 5.81. The highest BCUT2D eigenvalue weighted by Gasteiger charge is 2.05. The summed E-state index contributed by atoms with van der Waals surface area (Å²) in [5.74, 6) is -0.185. The number of aromatic nitrogens is 1. The van der Waals surface area contributed by atoms with Gasteiger partial charge in [-0.05, 0) is 11.4 Å². The van der Waals surface area contributed by atoms with Crippen molar-refractivity contribution in [1.29, 1.82) is 5.26 Å². The summed E-state index contributed by atoms with van der Waals surface area (Å²) in [4.78, 5) is 15.4. The summed E-state index contributed by atoms with van der Waals surface area (Å²) >= 11 is 1.31. The highest BCUT2D eigenvalue weighted by molar-refractivity contribution is 7.16. The molecule has 0 spiro atoms. The minimum absolute atomic E-state index is 0.185. The van der Waals surface area contributed by atoms with Gasteiger partial charge in [0.15, 0.2) is 6.07 Å². The van der Waals surface area contributed by atoms with Gasteiger partial charge in [0.05, 0.1) is 5.39 Å². The molecule has 0 saturated heterocycles. The Balaban J connectivity index is 2.96. The number of nitrogens with zero attached hydrogens (tertiary/aromatic N) is 2. The zero-order chi connectivity index (χ0) is 8.55. The first-order valence-electron chi connectivity index (χ1n) is 3.10. The van der Waals surface area contributed by atoms with Gasteiger partial charge in [-0.3, -0.25) is 0 Å². The molecule has 4 nitrogen and oxygen atoms in total. The van der Waals surface area contributed by atoms with Crippen molar-refractivity contribution in [2.75, 3.05) is 0 Å². The van der Waals surface area contributed by atoms with Crippen molar-refractivity contribution in [1.82, 2.24) is 4.98 Å². The summed E-state index contributed by atoms with van der Waals surface area (Å²) in [6, 6.07) is 3.30. The Morgan fingerprint density at radius 1 is 1.67 bits per heavy atom. The van der Waals surface area contributed by atoms with Crippen molar-refractivity contribution in [2.24, 2.45) is 0 Å². The third-order valence-corrected chi connectivity index (χ3v) is 2.16. The van der Waals surface area contributed by atoms with Crippen molar-refractivity contribution in [3.63, 3.8) is 0 Å². The molecule has 0 amide bonds. The van der Waals surface area contributed by atoms with Crippen LogP contribution in [0.2, 0.25) is 0 Å². The molecule has 0 atom stereocenters. The van der Waals surface area contributed by atoms with E-state index in [1.54, 1.807) is 17.5 Å². The van der Waals surface area contributed by atoms with Gasteiger partial charge in [0.25, 0.3) is 0 Å². The third-order valence-electron chi connectivity index (χ3n) is 1.35. The third kappa shape index (κ3) is 0.898. The van der Waals surface area contributed by atoms with E-state index in [1.807, 2.05) is 0 Å². The lowest BCUT2D eigenvalue weighted by Crippen LogP contribution is -2.00. The predicted molar refractivity (Wildman–Crippen MR) is 42.9 cm³/mol. The topological polar surface area (TPSA) is 66.9 Å². The van der Waals surface area contributed by atoms with Crippen LogP contribution in [0.4, 0.5) is 0 Å². The van der Waals surface area contributed by atoms with Crippen LogP contribution in [-0.4, -0.2) is 4.98 Å². The van der Waals surface area contributed by atoms with Crippen LogP contribution in [0, 0.1) is 11.3 Å². The number of nitriles is 1. The van der Waals surface area contributed by atoms with Gasteiger partial charge >= 0.3 is 11.5 Å². The molecule has 58 valence electrons. The fourth-order valence-corrected chi connectivity index (χ4v) is 1.60. The van der Waals surface area contributed by atoms with E-state index in [2.05, 4.69) is 9.40 Å². The van der Waals surface area contributed by atoms with Crippen LogP contribution in [0.5, 0.6) is 0 Å². The molecule has 0 unspecified atom stereocenters. The SMILES string of the molecule is N#Cc1nc2sccc2c(=O)o1. The molecule has 0 aliphatic rings. The Kier molecular flexibility index (Phi) is 1.42. The Hall–Kier alpha value is -1.67. The van der Waals surface area contributed by atoms with E-state index in [4.69, 9.17) is 5.26 Å². The molecule has 2 heterocycles. The molecule has 0 saturated carbocycles. The van der Waals surface area contributed by atoms with Crippen LogP contribution in [0.1, 0.15) is 5.89 Å². The number of fused-ring (bicyclic) bond motifs is 1. The van der Waals surface area contributed by atoms with Crippen molar-refractivity contribution in [3.05, 3.63) is 27.8 Å². The maximum Gasteiger partial charge on any atom is 0.348 e. The van der Waals surface area contributed by atoms with Crippen molar-refractivity contribution < 1.29 is 4.42 Å². The lowest BCUT2D eigenvalue weighted by Gasteiger charge is -1.86. The molecule has 0 bridgehead atoms. The molecule has 0 fully saturated rings. The van der Waals surface area contributed by atoms with Crippen LogP contribution in [0.3, 0.4) is 0 Å². The van der Waals surface area contributed by atoms with Gasteiger partial charge in [0.1, 0.15) is 4.83 Å². The number of hydrogen-bond donors (Lipinski definition) is 0. The quantitative estimate of drug-likeness (QED) is 0.606. The molecular formula is C7H2N2O2S. The van der Waals surface area contributed by atoms with Crippen molar-refractivity contribution >= 4 is 21.6 Å². The van der Waals surface area contributed by atoms with E-state index < -0.39 is 5.63 Å². The average Bonchev–Trinajstić information content (AvgIpc) is 2.52. The van der Waals surface area contributed by atoms with Gasteiger partial charge < -0.3 is 4.42 Å². The van der Waals surface area contributed by atoms with Crippen LogP contribution in [0.15, 0.2) is 20.7 Å². The average molecular weight is 178 g/mol. The monoisotopic (exact) mass is 178 g/mol. The van der Waals surface area contributed by atoms with E-state index in [0.717, 1.165) is 0 Å². The first-order valence-corrected chi connectivity index (χ1v) is 3.97. The molecule has 0 N–H and O–H groups in total. The summed E-state index contributed by atoms with van der Waals surface area (Å²) in [5.41, 5.74) is -0.502. The van der Waals surface area contributed by atoms with Gasteiger partial charge in [-0.1, -0.05) is 0 Å². The maximum absolute atomic E-state index is 11.1. The standard InChI is InChI=1S/C7H2N2O2S/c8-3-5-9-6-4(1-2-12-6)7(10)11-5/h1-2H. The van der Waals surface area contributed by atoms with Crippen molar-refractivity contribution in [2.45, 2.75) is 0 Å². The molecule has 2 rings (SSSR count). The molecule has 0 aromatic carbocycles. The second-order valence-electron chi connectivity index (χ2n) is 2.06. The zero-order valence-corrected chi connectivity index (χ0v) is 6.59. The highest BCUT2D eigenvalue weighted by atomic mass is 32.1. The van der Waals surface area contributed by atoms with E-state index in [0.29, 0.717) is 10.2 Å². The van der Waals surface area contributed by atoms with Crippen molar-refractivity contribution in [3.8, 4) is 6.07 Å². The zero-order valence-electron chi connectivity index (χ0n) is 5.77. The minimum Gasteiger partial charge on any atom is -0.394 e. The van der Waals surface area contributed by atoms with E-state index >= 15 is 0 Å². The lowest BCUT2D eigenvalue weighted by molar-refractivity contribution is 0.487. The molecule has 0 radical (unpaired) electrons. The molecule has 0 aliphatic carbocycles. The second kappa shape index (κ2) is 2.43. The van der Waals surface area contributed by atoms with Crippen LogP contribution < -0.4 is 5.63 Å². The second-order valence-corrected chi connectivity index (χ2v) is 2.95. The normalized spacial score (nSPS) is 9.92. The molecule has 2 aromatic rings. The smallest absolute Gasteiger partial charge is 0.348 e. The molecular weight excluding hydrogens is 176 g/mol. The fourth-order valence-electron chi connectivity index (χ4n) is 0.849. The van der Waals surface area contributed by atoms with Gasteiger partial charge in [0.2, 0.25) is 0 Å². The Labute approximate surface area is 70.7 Å². The molecule has 0 aliphatic heterocycles. The molecule has 12 heavy (non-hydrogen) atoms. The summed E-state index contributed by atoms with van der Waals surface area (Å²) in [6.45, 7) is 0. The summed E-state index contributed by atoms with van der Waals surface area (Å²) in [5, 5.41) is 10.6. The largest absolute Gasteiger partial charge is 0.394 e.